The first-order valence-corrected chi connectivity index (χ1v) is 5.01. The maximum atomic E-state index is 13.7. The number of pyridine rings is 1. The fourth-order valence-corrected chi connectivity index (χ4v) is 1.53. The first-order chi connectivity index (χ1) is 8.98. The van der Waals surface area contributed by atoms with Gasteiger partial charge in [-0.1, -0.05) is 0 Å². The molecule has 21 heavy (non-hydrogen) atoms. The molecule has 0 fully saturated rings. The zero-order valence-corrected chi connectivity index (χ0v) is 11.3. The molecule has 1 radical (unpaired) electrons. The van der Waals surface area contributed by atoms with Crippen LogP contribution >= 0.6 is 0 Å². The second-order valence-corrected chi connectivity index (χ2v) is 3.77. The number of allylic oxidation sites excluding steroid dienone is 2. The SMILES string of the molecule is CC(=O)/C(=C(/C)O)c1c(F)c(F)nc(C(F)(F)F)c1F.[Cu]. The molecule has 0 spiro atoms. The molecule has 1 aromatic rings. The number of hydrogen-bond donors (Lipinski definition) is 1. The van der Waals surface area contributed by atoms with Gasteiger partial charge in [0.25, 0.3) is 0 Å². The molecule has 1 aromatic heterocycles. The van der Waals surface area contributed by atoms with E-state index in [9.17, 15) is 36.2 Å². The molecular weight excluding hydrogens is 356 g/mol. The van der Waals surface area contributed by atoms with Crippen molar-refractivity contribution in [3.63, 3.8) is 0 Å². The van der Waals surface area contributed by atoms with Gasteiger partial charge >= 0.3 is 6.18 Å². The number of ketones is 1. The number of Topliss-reactive ketones (excluding diaryl/α,β-unsaturated/α-hetero) is 1. The van der Waals surface area contributed by atoms with Crippen molar-refractivity contribution in [1.29, 1.82) is 0 Å². The van der Waals surface area contributed by atoms with E-state index in [1.54, 1.807) is 0 Å². The molecule has 0 saturated carbocycles. The number of aliphatic hydroxyl groups is 1. The van der Waals surface area contributed by atoms with Gasteiger partial charge in [0.05, 0.1) is 11.1 Å². The molecule has 121 valence electrons. The van der Waals surface area contributed by atoms with Crippen molar-refractivity contribution in [2.24, 2.45) is 0 Å². The third kappa shape index (κ3) is 3.76. The van der Waals surface area contributed by atoms with Crippen LogP contribution in [0.2, 0.25) is 0 Å². The normalized spacial score (nSPS) is 12.6. The van der Waals surface area contributed by atoms with Crippen LogP contribution in [0, 0.1) is 17.6 Å². The van der Waals surface area contributed by atoms with Crippen molar-refractivity contribution in [3.05, 3.63) is 34.6 Å². The summed E-state index contributed by atoms with van der Waals surface area (Å²) in [5, 5.41) is 9.17. The first-order valence-electron chi connectivity index (χ1n) is 5.01. The van der Waals surface area contributed by atoms with E-state index in [0.717, 1.165) is 13.8 Å². The van der Waals surface area contributed by atoms with Crippen LogP contribution in [-0.4, -0.2) is 15.9 Å². The number of halogens is 6. The number of carbonyl (C=O) groups is 1. The van der Waals surface area contributed by atoms with Crippen LogP contribution in [0.1, 0.15) is 25.1 Å². The van der Waals surface area contributed by atoms with E-state index >= 15 is 0 Å². The Morgan fingerprint density at radius 1 is 1.10 bits per heavy atom. The largest absolute Gasteiger partial charge is 0.512 e. The smallest absolute Gasteiger partial charge is 0.436 e. The van der Waals surface area contributed by atoms with E-state index < -0.39 is 52.1 Å². The van der Waals surface area contributed by atoms with Crippen molar-refractivity contribution in [3.8, 4) is 0 Å². The third-order valence-corrected chi connectivity index (χ3v) is 2.27. The summed E-state index contributed by atoms with van der Waals surface area (Å²) >= 11 is 0. The molecule has 0 bridgehead atoms. The van der Waals surface area contributed by atoms with Gasteiger partial charge in [-0.2, -0.15) is 17.6 Å². The second kappa shape index (κ2) is 6.48. The molecular formula is C11H7CuF6NO2. The molecule has 1 rings (SSSR count). The van der Waals surface area contributed by atoms with Crippen LogP contribution in [0.5, 0.6) is 0 Å². The van der Waals surface area contributed by atoms with Crippen LogP contribution in [-0.2, 0) is 28.0 Å². The Morgan fingerprint density at radius 2 is 1.57 bits per heavy atom. The standard InChI is InChI=1S/C11H7F6NO2.Cu/c1-3(19)5(4(2)20)6-7(12)9(11(15,16)17)18-10(14)8(6)13;/h19H,1-2H3;/b5-3+;. The fraction of sp³-hybridized carbons (Fsp3) is 0.273. The average Bonchev–Trinajstić information content (AvgIpc) is 2.26. The van der Waals surface area contributed by atoms with Gasteiger partial charge in [0, 0.05) is 17.1 Å². The van der Waals surface area contributed by atoms with Crippen molar-refractivity contribution in [2.45, 2.75) is 20.0 Å². The number of aromatic nitrogens is 1. The molecule has 1 heterocycles. The summed E-state index contributed by atoms with van der Waals surface area (Å²) in [6.45, 7) is 1.57. The van der Waals surface area contributed by atoms with Crippen molar-refractivity contribution in [2.75, 3.05) is 0 Å². The number of rotatable bonds is 2. The van der Waals surface area contributed by atoms with E-state index in [2.05, 4.69) is 4.98 Å². The maximum absolute atomic E-state index is 13.7. The molecule has 0 aliphatic rings. The van der Waals surface area contributed by atoms with Gasteiger partial charge < -0.3 is 5.11 Å². The fourth-order valence-electron chi connectivity index (χ4n) is 1.53. The van der Waals surface area contributed by atoms with Gasteiger partial charge in [-0.25, -0.2) is 13.8 Å². The summed E-state index contributed by atoms with van der Waals surface area (Å²) in [5.74, 6) is -8.67. The van der Waals surface area contributed by atoms with Gasteiger partial charge in [0.15, 0.2) is 23.1 Å². The number of alkyl halides is 3. The monoisotopic (exact) mass is 362 g/mol. The minimum Gasteiger partial charge on any atom is -0.512 e. The number of hydrogen-bond acceptors (Lipinski definition) is 3. The molecule has 10 heteroatoms. The summed E-state index contributed by atoms with van der Waals surface area (Å²) in [5.41, 5.74) is -5.00. The number of aliphatic hydroxyl groups excluding tert-OH is 1. The minimum absolute atomic E-state index is 0. The van der Waals surface area contributed by atoms with Crippen LogP contribution in [0.4, 0.5) is 26.3 Å². The van der Waals surface area contributed by atoms with E-state index in [0.29, 0.717) is 0 Å². The quantitative estimate of drug-likeness (QED) is 0.288. The number of carbonyl (C=O) groups excluding carboxylic acids is 1. The predicted molar refractivity (Wildman–Crippen MR) is 55.0 cm³/mol. The van der Waals surface area contributed by atoms with Gasteiger partial charge in [-0.3, -0.25) is 4.79 Å². The molecule has 0 unspecified atom stereocenters. The van der Waals surface area contributed by atoms with Crippen LogP contribution in [0.25, 0.3) is 5.57 Å². The van der Waals surface area contributed by atoms with Crippen LogP contribution < -0.4 is 0 Å². The van der Waals surface area contributed by atoms with Crippen LogP contribution in [0.3, 0.4) is 0 Å². The summed E-state index contributed by atoms with van der Waals surface area (Å²) in [7, 11) is 0. The Morgan fingerprint density at radius 3 is 1.90 bits per heavy atom. The van der Waals surface area contributed by atoms with Crippen molar-refractivity contribution < 1.29 is 53.3 Å². The Bertz CT molecular complexity index is 608. The molecule has 0 aliphatic heterocycles. The zero-order chi connectivity index (χ0) is 15.8. The number of nitrogens with zero attached hydrogens (tertiary/aromatic N) is 1. The first kappa shape index (κ1) is 19.5. The van der Waals surface area contributed by atoms with Gasteiger partial charge in [-0.15, -0.1) is 0 Å². The predicted octanol–water partition coefficient (Wildman–Crippen LogP) is 3.39. The molecule has 3 nitrogen and oxygen atoms in total. The molecule has 0 atom stereocenters. The minimum atomic E-state index is -5.39. The van der Waals surface area contributed by atoms with E-state index in [1.165, 1.54) is 0 Å². The second-order valence-electron chi connectivity index (χ2n) is 3.77. The van der Waals surface area contributed by atoms with E-state index in [4.69, 9.17) is 0 Å². The third-order valence-electron chi connectivity index (χ3n) is 2.27. The van der Waals surface area contributed by atoms with Crippen LogP contribution in [0.15, 0.2) is 5.76 Å². The van der Waals surface area contributed by atoms with Gasteiger partial charge in [0.1, 0.15) is 5.76 Å². The maximum Gasteiger partial charge on any atom is 0.436 e. The van der Waals surface area contributed by atoms with Gasteiger partial charge in [-0.05, 0) is 13.8 Å². The Hall–Kier alpha value is -1.54. The topological polar surface area (TPSA) is 50.2 Å². The molecule has 1 N–H and O–H groups in total. The summed E-state index contributed by atoms with van der Waals surface area (Å²) in [6, 6.07) is 0. The molecule has 0 amide bonds. The molecule has 0 aromatic carbocycles. The van der Waals surface area contributed by atoms with E-state index in [-0.39, 0.29) is 17.1 Å². The van der Waals surface area contributed by atoms with Crippen molar-refractivity contribution >= 4 is 11.4 Å². The molecule has 0 saturated heterocycles. The zero-order valence-electron chi connectivity index (χ0n) is 10.4. The Kier molecular flexibility index (Phi) is 6.01. The Balaban J connectivity index is 0.00000400. The Labute approximate surface area is 125 Å². The average molecular weight is 363 g/mol. The van der Waals surface area contributed by atoms with Gasteiger partial charge in [0.2, 0.25) is 5.95 Å². The van der Waals surface area contributed by atoms with E-state index in [1.807, 2.05) is 0 Å². The summed E-state index contributed by atoms with van der Waals surface area (Å²) in [6.07, 6.45) is -5.39. The summed E-state index contributed by atoms with van der Waals surface area (Å²) in [4.78, 5) is 13.3. The van der Waals surface area contributed by atoms with Crippen molar-refractivity contribution in [1.82, 2.24) is 4.98 Å². The molecule has 0 aliphatic carbocycles. The summed E-state index contributed by atoms with van der Waals surface area (Å²) < 4.78 is 77.6.